The number of ether oxygens (including phenoxy) is 2. The van der Waals surface area contributed by atoms with E-state index in [-0.39, 0.29) is 6.61 Å². The molecule has 2 N–H and O–H groups in total. The fourth-order valence-corrected chi connectivity index (χ4v) is 1.19. The largest absolute Gasteiger partial charge is 0.462 e. The van der Waals surface area contributed by atoms with Crippen molar-refractivity contribution in [3.8, 4) is 0 Å². The van der Waals surface area contributed by atoms with Gasteiger partial charge in [0.1, 0.15) is 12.6 Å². The van der Waals surface area contributed by atoms with Gasteiger partial charge in [-0.25, -0.2) is 0 Å². The average molecular weight is 224 g/mol. The number of esters is 1. The number of aromatic nitrogens is 1. The quantitative estimate of drug-likeness (QED) is 0.549. The molecule has 0 aliphatic carbocycles. The number of nitrogens with two attached hydrogens (primary N) is 1. The Kier molecular flexibility index (Phi) is 5.45. The zero-order chi connectivity index (χ0) is 11.8. The number of carbonyl (C=O) groups excluding carboxylic acids is 1. The van der Waals surface area contributed by atoms with Crippen LogP contribution in [-0.4, -0.2) is 37.3 Å². The summed E-state index contributed by atoms with van der Waals surface area (Å²) in [6.07, 6.45) is 3.79. The van der Waals surface area contributed by atoms with Gasteiger partial charge in [0, 0.05) is 19.5 Å². The average Bonchev–Trinajstić information content (AvgIpc) is 2.30. The summed E-state index contributed by atoms with van der Waals surface area (Å²) >= 11 is 0. The second-order valence-electron chi connectivity index (χ2n) is 3.33. The Balaban J connectivity index is 2.34. The van der Waals surface area contributed by atoms with Gasteiger partial charge in [0.15, 0.2) is 0 Å². The topological polar surface area (TPSA) is 74.4 Å². The lowest BCUT2D eigenvalue weighted by Crippen LogP contribution is -2.35. The first-order valence-corrected chi connectivity index (χ1v) is 5.04. The highest BCUT2D eigenvalue weighted by atomic mass is 16.6. The molecule has 1 rings (SSSR count). The van der Waals surface area contributed by atoms with Crippen LogP contribution in [0.5, 0.6) is 0 Å². The van der Waals surface area contributed by atoms with Crippen LogP contribution in [0.3, 0.4) is 0 Å². The third-order valence-electron chi connectivity index (χ3n) is 2.01. The minimum Gasteiger partial charge on any atom is -0.462 e. The maximum absolute atomic E-state index is 11.4. The lowest BCUT2D eigenvalue weighted by Gasteiger charge is -2.10. The Morgan fingerprint density at radius 1 is 1.56 bits per heavy atom. The maximum Gasteiger partial charge on any atom is 0.323 e. The van der Waals surface area contributed by atoms with Gasteiger partial charge in [-0.05, 0) is 18.1 Å². The van der Waals surface area contributed by atoms with E-state index in [4.69, 9.17) is 15.2 Å². The molecule has 0 spiro atoms. The molecule has 5 heteroatoms. The predicted molar refractivity (Wildman–Crippen MR) is 58.8 cm³/mol. The summed E-state index contributed by atoms with van der Waals surface area (Å²) < 4.78 is 9.67. The van der Waals surface area contributed by atoms with E-state index in [0.717, 1.165) is 5.56 Å². The van der Waals surface area contributed by atoms with Crippen LogP contribution in [0.1, 0.15) is 5.56 Å². The predicted octanol–water partition coefficient (Wildman–Crippen LogP) is 0.141. The van der Waals surface area contributed by atoms with Gasteiger partial charge in [-0.15, -0.1) is 0 Å². The Hall–Kier alpha value is -1.46. The number of pyridine rings is 1. The molecule has 1 unspecified atom stereocenters. The highest BCUT2D eigenvalue weighted by Gasteiger charge is 2.15. The molecule has 0 bridgehead atoms. The first kappa shape index (κ1) is 12.6. The van der Waals surface area contributed by atoms with E-state index < -0.39 is 12.0 Å². The second-order valence-corrected chi connectivity index (χ2v) is 3.33. The summed E-state index contributed by atoms with van der Waals surface area (Å²) in [4.78, 5) is 15.3. The molecule has 0 saturated heterocycles. The molecule has 0 saturated carbocycles. The summed E-state index contributed by atoms with van der Waals surface area (Å²) in [5.74, 6) is -0.416. The summed E-state index contributed by atoms with van der Waals surface area (Å²) in [6.45, 7) is 0.613. The molecule has 0 aliphatic rings. The highest BCUT2D eigenvalue weighted by Crippen LogP contribution is 2.01. The second kappa shape index (κ2) is 6.92. The van der Waals surface area contributed by atoms with Gasteiger partial charge in [-0.1, -0.05) is 6.07 Å². The molecular formula is C11H16N2O3. The molecule has 1 heterocycles. The van der Waals surface area contributed by atoms with Crippen LogP contribution in [0.4, 0.5) is 0 Å². The van der Waals surface area contributed by atoms with E-state index in [1.165, 1.54) is 0 Å². The van der Waals surface area contributed by atoms with Gasteiger partial charge < -0.3 is 15.2 Å². The van der Waals surface area contributed by atoms with Crippen molar-refractivity contribution in [3.05, 3.63) is 30.1 Å². The van der Waals surface area contributed by atoms with Gasteiger partial charge in [0.2, 0.25) is 0 Å². The molecule has 0 aliphatic heterocycles. The summed E-state index contributed by atoms with van der Waals surface area (Å²) in [7, 11) is 1.55. The Morgan fingerprint density at radius 3 is 3.00 bits per heavy atom. The number of hydrogen-bond acceptors (Lipinski definition) is 5. The van der Waals surface area contributed by atoms with Crippen LogP contribution < -0.4 is 5.73 Å². The maximum atomic E-state index is 11.4. The van der Waals surface area contributed by atoms with E-state index in [1.54, 1.807) is 25.6 Å². The molecular weight excluding hydrogens is 208 g/mol. The number of rotatable bonds is 6. The Morgan fingerprint density at radius 2 is 2.38 bits per heavy atom. The van der Waals surface area contributed by atoms with Crippen LogP contribution >= 0.6 is 0 Å². The lowest BCUT2D eigenvalue weighted by atomic mass is 10.1. The lowest BCUT2D eigenvalue weighted by molar-refractivity contribution is -0.146. The number of carbonyl (C=O) groups is 1. The van der Waals surface area contributed by atoms with Gasteiger partial charge >= 0.3 is 5.97 Å². The molecule has 0 aromatic carbocycles. The minimum absolute atomic E-state index is 0.232. The Labute approximate surface area is 94.6 Å². The van der Waals surface area contributed by atoms with Gasteiger partial charge in [-0.3, -0.25) is 9.78 Å². The molecule has 0 radical (unpaired) electrons. The van der Waals surface area contributed by atoms with Crippen molar-refractivity contribution in [1.82, 2.24) is 4.98 Å². The van der Waals surface area contributed by atoms with E-state index in [1.807, 2.05) is 6.07 Å². The molecule has 16 heavy (non-hydrogen) atoms. The first-order valence-electron chi connectivity index (χ1n) is 5.04. The number of hydrogen-bond donors (Lipinski definition) is 1. The summed E-state index contributed by atoms with van der Waals surface area (Å²) in [5, 5.41) is 0. The van der Waals surface area contributed by atoms with Crippen LogP contribution in [0.25, 0.3) is 0 Å². The van der Waals surface area contributed by atoms with E-state index in [2.05, 4.69) is 4.98 Å². The van der Waals surface area contributed by atoms with Crippen molar-refractivity contribution in [2.45, 2.75) is 12.5 Å². The normalized spacial score (nSPS) is 12.1. The molecule has 1 aromatic heterocycles. The summed E-state index contributed by atoms with van der Waals surface area (Å²) in [6, 6.07) is 3.02. The Bertz CT molecular complexity index is 316. The summed E-state index contributed by atoms with van der Waals surface area (Å²) in [5.41, 5.74) is 6.60. The molecule has 0 amide bonds. The monoisotopic (exact) mass is 224 g/mol. The molecule has 1 atom stereocenters. The van der Waals surface area contributed by atoms with E-state index in [9.17, 15) is 4.79 Å². The number of methoxy groups -OCH3 is 1. The van der Waals surface area contributed by atoms with Crippen LogP contribution in [0, 0.1) is 0 Å². The minimum atomic E-state index is -0.652. The third kappa shape index (κ3) is 4.37. The SMILES string of the molecule is COCCOC(=O)C(N)Cc1cccnc1. The smallest absolute Gasteiger partial charge is 0.323 e. The standard InChI is InChI=1S/C11H16N2O3/c1-15-5-6-16-11(14)10(12)7-9-3-2-4-13-8-9/h2-4,8,10H,5-7,12H2,1H3. The zero-order valence-corrected chi connectivity index (χ0v) is 9.26. The van der Waals surface area contributed by atoms with E-state index >= 15 is 0 Å². The molecule has 0 fully saturated rings. The highest BCUT2D eigenvalue weighted by molar-refractivity contribution is 5.75. The van der Waals surface area contributed by atoms with E-state index in [0.29, 0.717) is 13.0 Å². The molecule has 1 aromatic rings. The third-order valence-corrected chi connectivity index (χ3v) is 2.01. The molecule has 88 valence electrons. The van der Waals surface area contributed by atoms with Gasteiger partial charge in [0.05, 0.1) is 6.61 Å². The van der Waals surface area contributed by atoms with Crippen molar-refractivity contribution in [2.24, 2.45) is 5.73 Å². The van der Waals surface area contributed by atoms with Crippen LogP contribution in [0.15, 0.2) is 24.5 Å². The van der Waals surface area contributed by atoms with Crippen molar-refractivity contribution in [1.29, 1.82) is 0 Å². The zero-order valence-electron chi connectivity index (χ0n) is 9.26. The molecule has 5 nitrogen and oxygen atoms in total. The van der Waals surface area contributed by atoms with Crippen molar-refractivity contribution in [3.63, 3.8) is 0 Å². The van der Waals surface area contributed by atoms with Gasteiger partial charge in [-0.2, -0.15) is 0 Å². The van der Waals surface area contributed by atoms with Crippen molar-refractivity contribution < 1.29 is 14.3 Å². The van der Waals surface area contributed by atoms with Crippen molar-refractivity contribution >= 4 is 5.97 Å². The van der Waals surface area contributed by atoms with Crippen molar-refractivity contribution in [2.75, 3.05) is 20.3 Å². The van der Waals surface area contributed by atoms with Crippen LogP contribution in [0.2, 0.25) is 0 Å². The van der Waals surface area contributed by atoms with Crippen LogP contribution in [-0.2, 0) is 20.7 Å². The van der Waals surface area contributed by atoms with Gasteiger partial charge in [0.25, 0.3) is 0 Å². The fraction of sp³-hybridized carbons (Fsp3) is 0.455. The first-order chi connectivity index (χ1) is 7.74. The number of nitrogens with zero attached hydrogens (tertiary/aromatic N) is 1. The fourth-order valence-electron chi connectivity index (χ4n) is 1.19.